The fraction of sp³-hybridized carbons (Fsp3) is 0.370. The number of hydrogen-bond donors (Lipinski definition) is 0. The molecule has 1 aromatic carbocycles. The number of piperidine rings is 1. The van der Waals surface area contributed by atoms with Crippen LogP contribution in [0.1, 0.15) is 58.5 Å². The van der Waals surface area contributed by atoms with Gasteiger partial charge in [-0.3, -0.25) is 19.5 Å². The Balaban J connectivity index is 1.37. The number of likely N-dealkylation sites (N-methyl/N-ethyl adjacent to an activating group) is 1. The third-order valence-corrected chi connectivity index (χ3v) is 7.07. The van der Waals surface area contributed by atoms with Gasteiger partial charge < -0.3 is 4.90 Å². The van der Waals surface area contributed by atoms with Crippen molar-refractivity contribution in [2.45, 2.75) is 44.9 Å². The van der Waals surface area contributed by atoms with E-state index in [4.69, 9.17) is 9.97 Å². The van der Waals surface area contributed by atoms with Gasteiger partial charge in [-0.1, -0.05) is 19.1 Å². The van der Waals surface area contributed by atoms with E-state index in [1.165, 1.54) is 12.1 Å². The Bertz CT molecular complexity index is 1330. The van der Waals surface area contributed by atoms with Gasteiger partial charge in [0, 0.05) is 60.7 Å². The van der Waals surface area contributed by atoms with Gasteiger partial charge in [-0.25, -0.2) is 14.4 Å². The third-order valence-electron chi connectivity index (χ3n) is 7.07. The summed E-state index contributed by atoms with van der Waals surface area (Å²) in [4.78, 5) is 43.1. The molecule has 1 atom stereocenters. The number of likely N-dealkylation sites (tertiary alicyclic amines) is 1. The Kier molecular flexibility index (Phi) is 5.83. The minimum atomic E-state index is -0.419. The zero-order valence-corrected chi connectivity index (χ0v) is 20.2. The van der Waals surface area contributed by atoms with Crippen molar-refractivity contribution in [2.24, 2.45) is 0 Å². The molecule has 3 aromatic rings. The van der Waals surface area contributed by atoms with E-state index in [2.05, 4.69) is 11.9 Å². The number of carbonyl (C=O) groups excluding carboxylic acids is 2. The number of aryl methyl sites for hydroxylation is 1. The maximum absolute atomic E-state index is 13.6. The fourth-order valence-electron chi connectivity index (χ4n) is 5.07. The molecule has 0 radical (unpaired) electrons. The molecule has 0 spiro atoms. The lowest BCUT2D eigenvalue weighted by Crippen LogP contribution is -2.48. The zero-order valence-electron chi connectivity index (χ0n) is 20.2. The molecule has 0 aliphatic carbocycles. The smallest absolute Gasteiger partial charge is 0.254 e. The number of amides is 2. The predicted octanol–water partition coefficient (Wildman–Crippen LogP) is 3.62. The van der Waals surface area contributed by atoms with Crippen LogP contribution in [0.5, 0.6) is 0 Å². The van der Waals surface area contributed by atoms with Gasteiger partial charge in [0.15, 0.2) is 0 Å². The molecular formula is C27H28FN5O2. The second-order valence-corrected chi connectivity index (χ2v) is 9.80. The number of anilines is 1. The molecule has 0 saturated carbocycles. The normalized spacial score (nSPS) is 19.7. The maximum Gasteiger partial charge on any atom is 0.254 e. The first-order chi connectivity index (χ1) is 16.7. The van der Waals surface area contributed by atoms with Crippen LogP contribution in [0.3, 0.4) is 0 Å². The van der Waals surface area contributed by atoms with Crippen LogP contribution in [0.15, 0.2) is 42.6 Å². The first kappa shape index (κ1) is 23.1. The first-order valence-electron chi connectivity index (χ1n) is 11.9. The highest BCUT2D eigenvalue weighted by molar-refractivity contribution is 6.00. The van der Waals surface area contributed by atoms with Gasteiger partial charge >= 0.3 is 0 Å². The quantitative estimate of drug-likeness (QED) is 0.578. The van der Waals surface area contributed by atoms with E-state index in [0.29, 0.717) is 48.8 Å². The van der Waals surface area contributed by atoms with Gasteiger partial charge in [0.2, 0.25) is 5.91 Å². The van der Waals surface area contributed by atoms with E-state index in [1.807, 2.05) is 17.9 Å². The Hall–Kier alpha value is -3.68. The first-order valence-corrected chi connectivity index (χ1v) is 11.9. The predicted molar refractivity (Wildman–Crippen MR) is 130 cm³/mol. The maximum atomic E-state index is 13.6. The molecule has 2 aliphatic rings. The van der Waals surface area contributed by atoms with Gasteiger partial charge in [0.1, 0.15) is 17.5 Å². The lowest BCUT2D eigenvalue weighted by Gasteiger charge is -2.39. The molecule has 0 unspecified atom stereocenters. The fourth-order valence-corrected chi connectivity index (χ4v) is 5.07. The van der Waals surface area contributed by atoms with Crippen molar-refractivity contribution in [3.8, 4) is 0 Å². The molecule has 1 fully saturated rings. The highest BCUT2D eigenvalue weighted by atomic mass is 19.1. The van der Waals surface area contributed by atoms with Gasteiger partial charge in [0.25, 0.3) is 5.91 Å². The van der Waals surface area contributed by atoms with E-state index in [0.717, 1.165) is 29.7 Å². The number of aromatic nitrogens is 3. The minimum Gasteiger partial charge on any atom is -0.338 e. The van der Waals surface area contributed by atoms with Crippen LogP contribution in [0, 0.1) is 12.7 Å². The number of halogens is 1. The van der Waals surface area contributed by atoms with Crippen LogP contribution in [0.25, 0.3) is 0 Å². The minimum absolute atomic E-state index is 0.0203. The Morgan fingerprint density at radius 3 is 2.83 bits per heavy atom. The van der Waals surface area contributed by atoms with Crippen molar-refractivity contribution >= 4 is 17.6 Å². The molecule has 0 bridgehead atoms. The average Bonchev–Trinajstić information content (AvgIpc) is 3.13. The summed E-state index contributed by atoms with van der Waals surface area (Å²) in [5.74, 6) is 1.02. The van der Waals surface area contributed by atoms with Crippen LogP contribution >= 0.6 is 0 Å². The summed E-state index contributed by atoms with van der Waals surface area (Å²) >= 11 is 0. The summed E-state index contributed by atoms with van der Waals surface area (Å²) in [5.41, 5.74) is 3.37. The highest BCUT2D eigenvalue weighted by Gasteiger charge is 2.39. The highest BCUT2D eigenvalue weighted by Crippen LogP contribution is 2.36. The van der Waals surface area contributed by atoms with Crippen LogP contribution in [-0.4, -0.2) is 51.8 Å². The van der Waals surface area contributed by atoms with Crippen LogP contribution in [0.4, 0.5) is 10.2 Å². The Morgan fingerprint density at radius 2 is 2.03 bits per heavy atom. The zero-order chi connectivity index (χ0) is 24.7. The van der Waals surface area contributed by atoms with Crippen molar-refractivity contribution in [1.29, 1.82) is 0 Å². The van der Waals surface area contributed by atoms with Crippen molar-refractivity contribution < 1.29 is 14.0 Å². The number of carbonyl (C=O) groups is 2. The number of fused-ring (bicyclic) bond motifs is 1. The molecule has 1 saturated heterocycles. The van der Waals surface area contributed by atoms with Crippen molar-refractivity contribution in [3.05, 3.63) is 82.3 Å². The van der Waals surface area contributed by atoms with Crippen molar-refractivity contribution in [3.63, 3.8) is 0 Å². The number of nitrogens with zero attached hydrogens (tertiary/aromatic N) is 5. The molecule has 2 aromatic heterocycles. The molecule has 5 rings (SSSR count). The van der Waals surface area contributed by atoms with E-state index >= 15 is 0 Å². The average molecular weight is 474 g/mol. The van der Waals surface area contributed by atoms with Gasteiger partial charge in [-0.05, 0) is 49.6 Å². The number of hydrogen-bond acceptors (Lipinski definition) is 5. The lowest BCUT2D eigenvalue weighted by atomic mass is 9.80. The van der Waals surface area contributed by atoms with Gasteiger partial charge in [0.05, 0.1) is 6.42 Å². The lowest BCUT2D eigenvalue weighted by molar-refractivity contribution is -0.117. The summed E-state index contributed by atoms with van der Waals surface area (Å²) in [6.07, 6.45) is 4.10. The summed E-state index contributed by atoms with van der Waals surface area (Å²) < 4.78 is 13.6. The van der Waals surface area contributed by atoms with Crippen LogP contribution in [0.2, 0.25) is 0 Å². The number of rotatable bonds is 4. The molecule has 7 nitrogen and oxygen atoms in total. The molecule has 0 N–H and O–H groups in total. The van der Waals surface area contributed by atoms with E-state index in [-0.39, 0.29) is 17.6 Å². The molecular weight excluding hydrogens is 445 g/mol. The van der Waals surface area contributed by atoms with Crippen molar-refractivity contribution in [2.75, 3.05) is 25.0 Å². The monoisotopic (exact) mass is 473 g/mol. The number of benzene rings is 1. The summed E-state index contributed by atoms with van der Waals surface area (Å²) in [6.45, 7) is 5.15. The summed E-state index contributed by atoms with van der Waals surface area (Å²) in [6, 6.07) is 9.92. The SMILES string of the molecule is Cc1nc([C@]2(C)CCCN(C(=O)c3ccnc(Cc4cccc(F)c4)c3)C2)nc2c1CC(=O)N2C. The molecule has 180 valence electrons. The molecule has 35 heavy (non-hydrogen) atoms. The van der Waals surface area contributed by atoms with E-state index in [1.54, 1.807) is 36.3 Å². The van der Waals surface area contributed by atoms with E-state index < -0.39 is 5.41 Å². The topological polar surface area (TPSA) is 79.3 Å². The van der Waals surface area contributed by atoms with Crippen LogP contribution < -0.4 is 4.90 Å². The third kappa shape index (κ3) is 4.40. The molecule has 4 heterocycles. The molecule has 2 amide bonds. The largest absolute Gasteiger partial charge is 0.338 e. The van der Waals surface area contributed by atoms with E-state index in [9.17, 15) is 14.0 Å². The Labute approximate surface area is 204 Å². The number of pyridine rings is 1. The van der Waals surface area contributed by atoms with Gasteiger partial charge in [-0.2, -0.15) is 0 Å². The molecule has 8 heteroatoms. The van der Waals surface area contributed by atoms with Gasteiger partial charge in [-0.15, -0.1) is 0 Å². The second kappa shape index (κ2) is 8.83. The second-order valence-electron chi connectivity index (χ2n) is 9.80. The molecule has 2 aliphatic heterocycles. The Morgan fingerprint density at radius 1 is 1.20 bits per heavy atom. The summed E-state index contributed by atoms with van der Waals surface area (Å²) in [7, 11) is 1.74. The van der Waals surface area contributed by atoms with Crippen molar-refractivity contribution in [1.82, 2.24) is 19.9 Å². The standard InChI is InChI=1S/C27H28FN5O2/c1-17-22-15-23(34)32(3)24(22)31-26(30-17)27(2)9-5-11-33(16-27)25(35)19-8-10-29-21(14-19)13-18-6-4-7-20(28)12-18/h4,6-8,10,12,14H,5,9,11,13,15-16H2,1-3H3/t27-/m1/s1. The van der Waals surface area contributed by atoms with Crippen LogP contribution in [-0.2, 0) is 23.1 Å². The summed E-state index contributed by atoms with van der Waals surface area (Å²) in [5, 5.41) is 0.